The molecule has 1 aromatic carbocycles. The molecule has 2 aromatic heterocycles. The van der Waals surface area contributed by atoms with Gasteiger partial charge in [0.2, 0.25) is 5.91 Å². The van der Waals surface area contributed by atoms with Crippen molar-refractivity contribution in [2.45, 2.75) is 25.8 Å². The van der Waals surface area contributed by atoms with Gasteiger partial charge in [0.15, 0.2) is 0 Å². The van der Waals surface area contributed by atoms with Gasteiger partial charge in [0.05, 0.1) is 5.92 Å². The maximum absolute atomic E-state index is 13.0. The number of H-pyrrole nitrogens is 1. The topological polar surface area (TPSA) is 86.9 Å². The maximum atomic E-state index is 13.0. The van der Waals surface area contributed by atoms with E-state index in [0.717, 1.165) is 34.9 Å². The van der Waals surface area contributed by atoms with Crippen LogP contribution in [0, 0.1) is 12.8 Å². The van der Waals surface area contributed by atoms with Crippen LogP contribution in [0.1, 0.15) is 29.0 Å². The molecule has 0 radical (unpaired) electrons. The summed E-state index contributed by atoms with van der Waals surface area (Å²) >= 11 is 0. The average molecular weight is 376 g/mol. The fraction of sp³-hybridized carbons (Fsp3) is 0.318. The summed E-state index contributed by atoms with van der Waals surface area (Å²) in [5.41, 5.74) is 2.66. The minimum absolute atomic E-state index is 0.0166. The molecule has 2 atom stereocenters. The lowest BCUT2D eigenvalue weighted by Gasteiger charge is -2.32. The molecule has 6 nitrogen and oxygen atoms in total. The molecule has 0 saturated carbocycles. The first-order valence-electron chi connectivity index (χ1n) is 9.63. The molecule has 4 rings (SSSR count). The fourth-order valence-electron chi connectivity index (χ4n) is 4.14. The summed E-state index contributed by atoms with van der Waals surface area (Å²) in [6.07, 6.45) is 6.11. The number of nitrogens with one attached hydrogen (secondary N) is 3. The maximum Gasteiger partial charge on any atom is 0.251 e. The third-order valence-electron chi connectivity index (χ3n) is 5.69. The van der Waals surface area contributed by atoms with Crippen molar-refractivity contribution < 1.29 is 4.79 Å². The van der Waals surface area contributed by atoms with Gasteiger partial charge in [-0.25, -0.2) is 0 Å². The van der Waals surface area contributed by atoms with E-state index in [4.69, 9.17) is 0 Å². The lowest BCUT2D eigenvalue weighted by Crippen LogP contribution is -2.44. The summed E-state index contributed by atoms with van der Waals surface area (Å²) in [5.74, 6) is -0.144. The van der Waals surface area contributed by atoms with Gasteiger partial charge < -0.3 is 15.6 Å². The van der Waals surface area contributed by atoms with E-state index in [1.54, 1.807) is 12.4 Å². The summed E-state index contributed by atoms with van der Waals surface area (Å²) < 4.78 is 0. The molecule has 6 heteroatoms. The molecule has 0 spiro atoms. The number of amides is 1. The number of aromatic nitrogens is 2. The number of carbonyl (C=O) groups excluding carboxylic acids is 1. The molecular weight excluding hydrogens is 352 g/mol. The van der Waals surface area contributed by atoms with Crippen LogP contribution in [0.15, 0.2) is 53.7 Å². The van der Waals surface area contributed by atoms with Gasteiger partial charge in [0.1, 0.15) is 0 Å². The molecular formula is C22H24N4O2. The van der Waals surface area contributed by atoms with Gasteiger partial charge in [-0.05, 0) is 54.5 Å². The van der Waals surface area contributed by atoms with Gasteiger partial charge in [-0.15, -0.1) is 0 Å². The molecule has 1 fully saturated rings. The number of rotatable bonds is 4. The van der Waals surface area contributed by atoms with Gasteiger partial charge >= 0.3 is 0 Å². The summed E-state index contributed by atoms with van der Waals surface area (Å²) in [6, 6.07) is 9.94. The van der Waals surface area contributed by atoms with Gasteiger partial charge in [0, 0.05) is 42.6 Å². The third kappa shape index (κ3) is 3.55. The molecule has 3 heterocycles. The van der Waals surface area contributed by atoms with Crippen LogP contribution in [0.4, 0.5) is 0 Å². The lowest BCUT2D eigenvalue weighted by molar-refractivity contribution is -0.126. The summed E-state index contributed by atoms with van der Waals surface area (Å²) in [5, 5.41) is 8.59. The van der Waals surface area contributed by atoms with Crippen LogP contribution in [0.2, 0.25) is 0 Å². The van der Waals surface area contributed by atoms with Crippen molar-refractivity contribution in [2.24, 2.45) is 5.92 Å². The van der Waals surface area contributed by atoms with Gasteiger partial charge in [-0.3, -0.25) is 14.6 Å². The predicted octanol–water partition coefficient (Wildman–Crippen LogP) is 2.24. The highest BCUT2D eigenvalue weighted by Crippen LogP contribution is 2.31. The highest BCUT2D eigenvalue weighted by molar-refractivity contribution is 5.86. The first-order valence-corrected chi connectivity index (χ1v) is 9.63. The van der Waals surface area contributed by atoms with E-state index in [0.29, 0.717) is 18.7 Å². The number of aromatic amines is 1. The molecule has 3 aromatic rings. The van der Waals surface area contributed by atoms with Crippen molar-refractivity contribution in [2.75, 3.05) is 13.1 Å². The minimum atomic E-state index is -0.203. The van der Waals surface area contributed by atoms with Crippen LogP contribution in [0.3, 0.4) is 0 Å². The minimum Gasteiger partial charge on any atom is -0.352 e. The van der Waals surface area contributed by atoms with Crippen molar-refractivity contribution in [1.82, 2.24) is 20.6 Å². The Morgan fingerprint density at radius 2 is 2.18 bits per heavy atom. The van der Waals surface area contributed by atoms with E-state index < -0.39 is 0 Å². The molecule has 3 N–H and O–H groups in total. The Hall–Kier alpha value is -2.99. The first-order chi connectivity index (χ1) is 13.6. The second-order valence-corrected chi connectivity index (χ2v) is 7.32. The van der Waals surface area contributed by atoms with Crippen LogP contribution in [-0.2, 0) is 11.3 Å². The van der Waals surface area contributed by atoms with Crippen LogP contribution in [-0.4, -0.2) is 29.0 Å². The largest absolute Gasteiger partial charge is 0.352 e. The second-order valence-electron chi connectivity index (χ2n) is 7.32. The average Bonchev–Trinajstić information content (AvgIpc) is 2.74. The number of hydrogen-bond acceptors (Lipinski definition) is 4. The third-order valence-corrected chi connectivity index (χ3v) is 5.69. The standard InChI is InChI=1S/C22H24N4O2/c1-14-17(7-10-25-21(14)27)19-6-9-24-13-20(19)22(28)26-12-16-4-2-3-15-11-23-8-5-18(15)16/h2-5,7-8,10-11,19-20,24H,6,9,12-13H2,1H3,(H,25,27)(H,26,28). The smallest absolute Gasteiger partial charge is 0.251 e. The zero-order valence-corrected chi connectivity index (χ0v) is 15.9. The quantitative estimate of drug-likeness (QED) is 0.652. The predicted molar refractivity (Wildman–Crippen MR) is 109 cm³/mol. The van der Waals surface area contributed by atoms with Crippen molar-refractivity contribution in [3.05, 3.63) is 76.0 Å². The van der Waals surface area contributed by atoms with E-state index in [2.05, 4.69) is 20.6 Å². The Labute approximate surface area is 163 Å². The number of fused-ring (bicyclic) bond motifs is 1. The summed E-state index contributed by atoms with van der Waals surface area (Å²) in [7, 11) is 0. The molecule has 2 unspecified atom stereocenters. The van der Waals surface area contributed by atoms with E-state index in [9.17, 15) is 9.59 Å². The summed E-state index contributed by atoms with van der Waals surface area (Å²) in [6.45, 7) is 3.76. The molecule has 1 amide bonds. The van der Waals surface area contributed by atoms with E-state index in [-0.39, 0.29) is 23.3 Å². The van der Waals surface area contributed by atoms with Crippen LogP contribution < -0.4 is 16.2 Å². The molecule has 0 aliphatic carbocycles. The number of pyridine rings is 2. The molecule has 1 aliphatic heterocycles. The number of piperidine rings is 1. The van der Waals surface area contributed by atoms with Crippen molar-refractivity contribution in [3.8, 4) is 0 Å². The van der Waals surface area contributed by atoms with E-state index in [1.807, 2.05) is 43.5 Å². The van der Waals surface area contributed by atoms with Crippen molar-refractivity contribution >= 4 is 16.7 Å². The highest BCUT2D eigenvalue weighted by atomic mass is 16.2. The molecule has 144 valence electrons. The van der Waals surface area contributed by atoms with Gasteiger partial charge in [0.25, 0.3) is 5.56 Å². The number of benzene rings is 1. The van der Waals surface area contributed by atoms with Crippen LogP contribution >= 0.6 is 0 Å². The zero-order valence-electron chi connectivity index (χ0n) is 15.9. The monoisotopic (exact) mass is 376 g/mol. The summed E-state index contributed by atoms with van der Waals surface area (Å²) in [4.78, 5) is 31.9. The van der Waals surface area contributed by atoms with Crippen molar-refractivity contribution in [3.63, 3.8) is 0 Å². The normalized spacial score (nSPS) is 19.5. The lowest BCUT2D eigenvalue weighted by atomic mass is 9.79. The Bertz CT molecular complexity index is 1050. The molecule has 28 heavy (non-hydrogen) atoms. The Balaban J connectivity index is 1.54. The first kappa shape index (κ1) is 18.4. The van der Waals surface area contributed by atoms with Gasteiger partial charge in [-0.1, -0.05) is 18.2 Å². The SMILES string of the molecule is Cc1c(C2CCNCC2C(=O)NCc2cccc3cnccc23)cc[nH]c1=O. The zero-order chi connectivity index (χ0) is 19.5. The second kappa shape index (κ2) is 7.94. The molecule has 1 aliphatic rings. The Morgan fingerprint density at radius 3 is 3.07 bits per heavy atom. The number of carbonyl (C=O) groups is 1. The molecule has 0 bridgehead atoms. The number of hydrogen-bond donors (Lipinski definition) is 3. The van der Waals surface area contributed by atoms with E-state index in [1.165, 1.54) is 0 Å². The Kier molecular flexibility index (Phi) is 5.21. The van der Waals surface area contributed by atoms with Crippen LogP contribution in [0.25, 0.3) is 10.8 Å². The Morgan fingerprint density at radius 1 is 1.29 bits per heavy atom. The number of nitrogens with zero attached hydrogens (tertiary/aromatic N) is 1. The van der Waals surface area contributed by atoms with E-state index >= 15 is 0 Å². The highest BCUT2D eigenvalue weighted by Gasteiger charge is 2.33. The fourth-order valence-corrected chi connectivity index (χ4v) is 4.14. The van der Waals surface area contributed by atoms with Gasteiger partial charge in [-0.2, -0.15) is 0 Å². The van der Waals surface area contributed by atoms with Crippen LogP contribution in [0.5, 0.6) is 0 Å². The van der Waals surface area contributed by atoms with Crippen molar-refractivity contribution in [1.29, 1.82) is 0 Å². The molecule has 1 saturated heterocycles.